The van der Waals surface area contributed by atoms with Gasteiger partial charge in [-0.3, -0.25) is 9.48 Å². The lowest BCUT2D eigenvalue weighted by Gasteiger charge is -2.16. The van der Waals surface area contributed by atoms with E-state index in [4.69, 9.17) is 4.74 Å². The molecule has 1 N–H and O–H groups in total. The van der Waals surface area contributed by atoms with Crippen LogP contribution in [0, 0.1) is 0 Å². The van der Waals surface area contributed by atoms with Crippen LogP contribution in [0.1, 0.15) is 16.1 Å². The van der Waals surface area contributed by atoms with Crippen LogP contribution < -0.4 is 5.32 Å². The molecule has 1 unspecified atom stereocenters. The lowest BCUT2D eigenvalue weighted by atomic mass is 10.1. The number of rotatable bonds is 6. The maximum absolute atomic E-state index is 12.8. The van der Waals surface area contributed by atoms with Gasteiger partial charge in [0.15, 0.2) is 0 Å². The van der Waals surface area contributed by atoms with E-state index in [0.717, 1.165) is 11.1 Å². The van der Waals surface area contributed by atoms with Gasteiger partial charge in [0.1, 0.15) is 11.7 Å². The van der Waals surface area contributed by atoms with Crippen molar-refractivity contribution in [3.05, 3.63) is 78.0 Å². The summed E-state index contributed by atoms with van der Waals surface area (Å²) in [5.74, 6) is -0.865. The summed E-state index contributed by atoms with van der Waals surface area (Å²) in [7, 11) is 3.01. The number of hydrogen-bond donors (Lipinski definition) is 1. The Morgan fingerprint density at radius 2 is 1.70 bits per heavy atom. The molecule has 1 aromatic heterocycles. The van der Waals surface area contributed by atoms with Crippen molar-refractivity contribution in [2.24, 2.45) is 7.05 Å². The Bertz CT molecular complexity index is 920. The molecule has 0 saturated heterocycles. The maximum Gasteiger partial charge on any atom is 0.328 e. The molecule has 0 aliphatic rings. The lowest BCUT2D eigenvalue weighted by molar-refractivity contribution is -0.142. The zero-order chi connectivity index (χ0) is 19.2. The molecule has 1 heterocycles. The molecule has 1 amide bonds. The molecule has 6 heteroatoms. The highest BCUT2D eigenvalue weighted by atomic mass is 16.5. The highest BCUT2D eigenvalue weighted by molar-refractivity contribution is 5.96. The Morgan fingerprint density at radius 1 is 1.07 bits per heavy atom. The number of nitrogens with one attached hydrogen (secondary N) is 1. The highest BCUT2D eigenvalue weighted by Gasteiger charge is 2.24. The molecule has 0 aliphatic carbocycles. The van der Waals surface area contributed by atoms with Gasteiger partial charge in [-0.05, 0) is 11.6 Å². The lowest BCUT2D eigenvalue weighted by Crippen LogP contribution is -2.43. The summed E-state index contributed by atoms with van der Waals surface area (Å²) >= 11 is 0. The van der Waals surface area contributed by atoms with Crippen LogP contribution in [0.25, 0.3) is 11.3 Å². The molecule has 0 spiro atoms. The minimum absolute atomic E-state index is 0.350. The minimum Gasteiger partial charge on any atom is -0.467 e. The largest absolute Gasteiger partial charge is 0.467 e. The summed E-state index contributed by atoms with van der Waals surface area (Å²) in [6.45, 7) is 0. The van der Waals surface area contributed by atoms with E-state index in [1.165, 1.54) is 11.8 Å². The molecule has 3 aromatic rings. The quantitative estimate of drug-likeness (QED) is 0.683. The first-order valence-corrected chi connectivity index (χ1v) is 8.60. The van der Waals surface area contributed by atoms with Gasteiger partial charge < -0.3 is 10.1 Å². The summed E-state index contributed by atoms with van der Waals surface area (Å²) in [6.07, 6.45) is 0.350. The first-order chi connectivity index (χ1) is 13.1. The summed E-state index contributed by atoms with van der Waals surface area (Å²) in [4.78, 5) is 24.9. The molecule has 6 nitrogen and oxygen atoms in total. The monoisotopic (exact) mass is 363 g/mol. The fourth-order valence-corrected chi connectivity index (χ4v) is 2.85. The van der Waals surface area contributed by atoms with E-state index in [2.05, 4.69) is 10.4 Å². The van der Waals surface area contributed by atoms with E-state index in [1.54, 1.807) is 13.1 Å². The Morgan fingerprint density at radius 3 is 2.33 bits per heavy atom. The molecule has 1 atom stereocenters. The molecule has 27 heavy (non-hydrogen) atoms. The number of carbonyl (C=O) groups is 2. The van der Waals surface area contributed by atoms with Gasteiger partial charge in [-0.15, -0.1) is 0 Å². The van der Waals surface area contributed by atoms with Gasteiger partial charge in [0.05, 0.1) is 12.8 Å². The molecule has 0 bridgehead atoms. The fourth-order valence-electron chi connectivity index (χ4n) is 2.85. The van der Waals surface area contributed by atoms with Gasteiger partial charge >= 0.3 is 5.97 Å². The molecule has 0 saturated carbocycles. The van der Waals surface area contributed by atoms with Crippen LogP contribution in [0.4, 0.5) is 0 Å². The second-order valence-corrected chi connectivity index (χ2v) is 6.14. The van der Waals surface area contributed by atoms with E-state index in [0.29, 0.717) is 17.8 Å². The van der Waals surface area contributed by atoms with Crippen molar-refractivity contribution in [1.29, 1.82) is 0 Å². The van der Waals surface area contributed by atoms with Crippen molar-refractivity contribution in [2.45, 2.75) is 12.5 Å². The first kappa shape index (κ1) is 18.4. The van der Waals surface area contributed by atoms with Gasteiger partial charge in [-0.1, -0.05) is 60.7 Å². The molecular weight excluding hydrogens is 342 g/mol. The standard InChI is InChI=1S/C21H21N3O3/c1-24-19(14-17(23-24)16-11-7-4-8-12-16)20(25)22-18(21(26)27-2)13-15-9-5-3-6-10-15/h3-12,14,18H,13H2,1-2H3,(H,22,25). The number of ether oxygens (including phenoxy) is 1. The number of aryl methyl sites for hydroxylation is 1. The van der Waals surface area contributed by atoms with Crippen LogP contribution in [0.15, 0.2) is 66.7 Å². The second-order valence-electron chi connectivity index (χ2n) is 6.14. The number of benzene rings is 2. The molecule has 3 rings (SSSR count). The van der Waals surface area contributed by atoms with Crippen LogP contribution in [0.2, 0.25) is 0 Å². The second kappa shape index (κ2) is 8.31. The summed E-state index contributed by atoms with van der Waals surface area (Å²) in [5, 5.41) is 7.16. The van der Waals surface area contributed by atoms with Gasteiger partial charge in [-0.25, -0.2) is 4.79 Å². The van der Waals surface area contributed by atoms with Gasteiger partial charge in [0, 0.05) is 19.0 Å². The predicted octanol–water partition coefficient (Wildman–Crippen LogP) is 2.60. The van der Waals surface area contributed by atoms with E-state index < -0.39 is 12.0 Å². The maximum atomic E-state index is 12.8. The third-order valence-corrected chi connectivity index (χ3v) is 4.26. The zero-order valence-corrected chi connectivity index (χ0v) is 15.3. The van der Waals surface area contributed by atoms with Crippen LogP contribution in [0.5, 0.6) is 0 Å². The first-order valence-electron chi connectivity index (χ1n) is 8.60. The van der Waals surface area contributed by atoms with Gasteiger partial charge in [-0.2, -0.15) is 5.10 Å². The summed E-state index contributed by atoms with van der Waals surface area (Å²) < 4.78 is 6.36. The average molecular weight is 363 g/mol. The van der Waals surface area contributed by atoms with Crippen LogP contribution >= 0.6 is 0 Å². The van der Waals surface area contributed by atoms with E-state index in [-0.39, 0.29) is 5.91 Å². The van der Waals surface area contributed by atoms with Crippen LogP contribution in [-0.2, 0) is 23.0 Å². The van der Waals surface area contributed by atoms with Crippen molar-refractivity contribution in [1.82, 2.24) is 15.1 Å². The molecule has 0 fully saturated rings. The topological polar surface area (TPSA) is 73.2 Å². The number of nitrogens with zero attached hydrogens (tertiary/aromatic N) is 2. The third-order valence-electron chi connectivity index (χ3n) is 4.26. The Labute approximate surface area is 157 Å². The van der Waals surface area contributed by atoms with E-state index in [9.17, 15) is 9.59 Å². The van der Waals surface area contributed by atoms with Crippen LogP contribution in [-0.4, -0.2) is 34.8 Å². The number of carbonyl (C=O) groups excluding carboxylic acids is 2. The number of esters is 1. The summed E-state index contributed by atoms with van der Waals surface area (Å²) in [6, 6.07) is 20.0. The van der Waals surface area contributed by atoms with Crippen molar-refractivity contribution in [3.63, 3.8) is 0 Å². The van der Waals surface area contributed by atoms with E-state index >= 15 is 0 Å². The number of methoxy groups -OCH3 is 1. The van der Waals surface area contributed by atoms with Crippen molar-refractivity contribution in [2.75, 3.05) is 7.11 Å². The number of hydrogen-bond acceptors (Lipinski definition) is 4. The Balaban J connectivity index is 1.79. The van der Waals surface area contributed by atoms with Crippen molar-refractivity contribution in [3.8, 4) is 11.3 Å². The molecule has 138 valence electrons. The fraction of sp³-hybridized carbons (Fsp3) is 0.190. The summed E-state index contributed by atoms with van der Waals surface area (Å²) in [5.41, 5.74) is 2.92. The third kappa shape index (κ3) is 4.41. The zero-order valence-electron chi connectivity index (χ0n) is 15.3. The Kier molecular flexibility index (Phi) is 5.66. The molecular formula is C21H21N3O3. The van der Waals surface area contributed by atoms with Crippen molar-refractivity contribution >= 4 is 11.9 Å². The normalized spacial score (nSPS) is 11.6. The predicted molar refractivity (Wildman–Crippen MR) is 102 cm³/mol. The number of aromatic nitrogens is 2. The van der Waals surface area contributed by atoms with Gasteiger partial charge in [0.2, 0.25) is 0 Å². The minimum atomic E-state index is -0.778. The molecule has 0 aliphatic heterocycles. The Hall–Kier alpha value is -3.41. The van der Waals surface area contributed by atoms with Crippen LogP contribution in [0.3, 0.4) is 0 Å². The average Bonchev–Trinajstić information content (AvgIpc) is 3.10. The number of amides is 1. The molecule has 0 radical (unpaired) electrons. The highest BCUT2D eigenvalue weighted by Crippen LogP contribution is 2.18. The molecule has 2 aromatic carbocycles. The van der Waals surface area contributed by atoms with Crippen molar-refractivity contribution < 1.29 is 14.3 Å². The smallest absolute Gasteiger partial charge is 0.328 e. The van der Waals surface area contributed by atoms with E-state index in [1.807, 2.05) is 60.7 Å². The van der Waals surface area contributed by atoms with Gasteiger partial charge in [0.25, 0.3) is 5.91 Å². The SMILES string of the molecule is COC(=O)C(Cc1ccccc1)NC(=O)c1cc(-c2ccccc2)nn1C.